The zero-order valence-electron chi connectivity index (χ0n) is 12.5. The van der Waals surface area contributed by atoms with Crippen molar-refractivity contribution in [2.75, 3.05) is 26.4 Å². The van der Waals surface area contributed by atoms with E-state index in [-0.39, 0.29) is 5.41 Å². The van der Waals surface area contributed by atoms with Gasteiger partial charge in [0.1, 0.15) is 0 Å². The maximum atomic E-state index is 9.74. The van der Waals surface area contributed by atoms with Crippen molar-refractivity contribution in [1.29, 1.82) is 0 Å². The summed E-state index contributed by atoms with van der Waals surface area (Å²) in [6.07, 6.45) is 10.2. The molecule has 3 nitrogen and oxygen atoms in total. The minimum Gasteiger partial charge on any atom is -0.396 e. The molecule has 0 aromatic rings. The fraction of sp³-hybridized carbons (Fsp3) is 1.00. The van der Waals surface area contributed by atoms with Gasteiger partial charge in [-0.15, -0.1) is 0 Å². The fourth-order valence-corrected chi connectivity index (χ4v) is 3.72. The molecule has 1 saturated heterocycles. The summed E-state index contributed by atoms with van der Waals surface area (Å²) in [7, 11) is 0. The van der Waals surface area contributed by atoms with Crippen LogP contribution in [-0.2, 0) is 4.74 Å². The second-order valence-electron chi connectivity index (χ2n) is 6.56. The quantitative estimate of drug-likeness (QED) is 0.779. The Hall–Kier alpha value is -0.120. The van der Waals surface area contributed by atoms with Crippen molar-refractivity contribution in [3.05, 3.63) is 0 Å². The van der Waals surface area contributed by atoms with Crippen LogP contribution in [0.1, 0.15) is 58.3 Å². The molecule has 0 bridgehead atoms. The van der Waals surface area contributed by atoms with E-state index < -0.39 is 0 Å². The van der Waals surface area contributed by atoms with Crippen molar-refractivity contribution < 1.29 is 9.84 Å². The first-order chi connectivity index (χ1) is 9.29. The summed E-state index contributed by atoms with van der Waals surface area (Å²) in [5.74, 6) is 0.856. The number of hydrogen-bond donors (Lipinski definition) is 2. The maximum absolute atomic E-state index is 9.74. The van der Waals surface area contributed by atoms with E-state index in [9.17, 15) is 5.11 Å². The number of aliphatic hydroxyl groups excluding tert-OH is 1. The third-order valence-corrected chi connectivity index (χ3v) is 5.29. The Morgan fingerprint density at radius 1 is 1.21 bits per heavy atom. The van der Waals surface area contributed by atoms with Crippen molar-refractivity contribution in [3.8, 4) is 0 Å². The third-order valence-electron chi connectivity index (χ3n) is 5.29. The second-order valence-corrected chi connectivity index (χ2v) is 6.56. The zero-order chi connectivity index (χ0) is 13.6. The Bertz CT molecular complexity index is 245. The van der Waals surface area contributed by atoms with Crippen LogP contribution >= 0.6 is 0 Å². The Balaban J connectivity index is 1.83. The Morgan fingerprint density at radius 3 is 2.47 bits per heavy atom. The lowest BCUT2D eigenvalue weighted by atomic mass is 9.79. The second kappa shape index (κ2) is 7.61. The molecule has 2 N–H and O–H groups in total. The fourth-order valence-electron chi connectivity index (χ4n) is 3.72. The molecule has 3 heteroatoms. The molecular weight excluding hydrogens is 238 g/mol. The van der Waals surface area contributed by atoms with Crippen molar-refractivity contribution in [2.24, 2.45) is 11.3 Å². The Labute approximate surface area is 118 Å². The topological polar surface area (TPSA) is 41.5 Å². The van der Waals surface area contributed by atoms with Gasteiger partial charge in [-0.2, -0.15) is 0 Å². The van der Waals surface area contributed by atoms with Gasteiger partial charge in [0, 0.05) is 31.2 Å². The van der Waals surface area contributed by atoms with Crippen LogP contribution in [0.4, 0.5) is 0 Å². The SMILES string of the molecule is CCC(NCC1(CO)CCOCC1)C1CCCCC1. The summed E-state index contributed by atoms with van der Waals surface area (Å²) in [6, 6.07) is 0.645. The lowest BCUT2D eigenvalue weighted by Crippen LogP contribution is -2.47. The number of nitrogens with one attached hydrogen (secondary N) is 1. The normalized spacial score (nSPS) is 26.2. The van der Waals surface area contributed by atoms with Crippen LogP contribution in [0.2, 0.25) is 0 Å². The van der Waals surface area contributed by atoms with E-state index in [2.05, 4.69) is 12.2 Å². The Morgan fingerprint density at radius 2 is 1.89 bits per heavy atom. The van der Waals surface area contributed by atoms with Gasteiger partial charge in [0.15, 0.2) is 0 Å². The van der Waals surface area contributed by atoms with E-state index in [1.165, 1.54) is 38.5 Å². The standard InChI is InChI=1S/C16H31NO2/c1-2-15(14-6-4-3-5-7-14)17-12-16(13-18)8-10-19-11-9-16/h14-15,17-18H,2-13H2,1H3. The Kier molecular flexibility index (Phi) is 6.11. The van der Waals surface area contributed by atoms with Crippen LogP contribution in [0.5, 0.6) is 0 Å². The molecule has 0 radical (unpaired) electrons. The summed E-state index contributed by atoms with van der Waals surface area (Å²) in [5, 5.41) is 13.5. The summed E-state index contributed by atoms with van der Waals surface area (Å²) in [6.45, 7) is 5.17. The van der Waals surface area contributed by atoms with E-state index in [0.29, 0.717) is 12.6 Å². The summed E-state index contributed by atoms with van der Waals surface area (Å²) in [4.78, 5) is 0. The molecule has 1 saturated carbocycles. The van der Waals surface area contributed by atoms with Gasteiger partial charge >= 0.3 is 0 Å². The van der Waals surface area contributed by atoms with Gasteiger partial charge in [-0.3, -0.25) is 0 Å². The number of aliphatic hydroxyl groups is 1. The van der Waals surface area contributed by atoms with E-state index >= 15 is 0 Å². The monoisotopic (exact) mass is 269 g/mol. The zero-order valence-corrected chi connectivity index (χ0v) is 12.5. The molecule has 1 aliphatic carbocycles. The minimum absolute atomic E-state index is 0.0698. The van der Waals surface area contributed by atoms with Crippen molar-refractivity contribution in [2.45, 2.75) is 64.3 Å². The van der Waals surface area contributed by atoms with Gasteiger partial charge in [0.25, 0.3) is 0 Å². The molecule has 2 aliphatic rings. The first-order valence-electron chi connectivity index (χ1n) is 8.22. The molecule has 19 heavy (non-hydrogen) atoms. The molecule has 0 spiro atoms. The predicted octanol–water partition coefficient (Wildman–Crippen LogP) is 2.72. The summed E-state index contributed by atoms with van der Waals surface area (Å²) in [5.41, 5.74) is 0.0698. The highest BCUT2D eigenvalue weighted by Gasteiger charge is 2.33. The molecule has 1 unspecified atom stereocenters. The van der Waals surface area contributed by atoms with Gasteiger partial charge in [-0.25, -0.2) is 0 Å². The molecule has 2 rings (SSSR count). The highest BCUT2D eigenvalue weighted by Crippen LogP contribution is 2.31. The number of ether oxygens (including phenoxy) is 1. The van der Waals surface area contributed by atoms with Crippen LogP contribution in [0.15, 0.2) is 0 Å². The molecule has 2 fully saturated rings. The van der Waals surface area contributed by atoms with Crippen molar-refractivity contribution in [3.63, 3.8) is 0 Å². The predicted molar refractivity (Wildman–Crippen MR) is 78.2 cm³/mol. The van der Waals surface area contributed by atoms with Crippen LogP contribution in [0, 0.1) is 11.3 Å². The molecule has 1 atom stereocenters. The van der Waals surface area contributed by atoms with Gasteiger partial charge < -0.3 is 15.2 Å². The van der Waals surface area contributed by atoms with Crippen LogP contribution < -0.4 is 5.32 Å². The lowest BCUT2D eigenvalue weighted by Gasteiger charge is -2.39. The number of rotatable bonds is 6. The highest BCUT2D eigenvalue weighted by molar-refractivity contribution is 4.87. The third kappa shape index (κ3) is 4.17. The average Bonchev–Trinajstić information content (AvgIpc) is 2.50. The van der Waals surface area contributed by atoms with Crippen LogP contribution in [0.25, 0.3) is 0 Å². The first kappa shape index (κ1) is 15.3. The summed E-state index contributed by atoms with van der Waals surface area (Å²) >= 11 is 0. The van der Waals surface area contributed by atoms with E-state index in [0.717, 1.165) is 38.5 Å². The van der Waals surface area contributed by atoms with Crippen LogP contribution in [-0.4, -0.2) is 37.5 Å². The number of hydrogen-bond acceptors (Lipinski definition) is 3. The van der Waals surface area contributed by atoms with Gasteiger partial charge in [0.2, 0.25) is 0 Å². The first-order valence-corrected chi connectivity index (χ1v) is 8.22. The smallest absolute Gasteiger partial charge is 0.0501 e. The molecule has 0 aromatic heterocycles. The van der Waals surface area contributed by atoms with E-state index in [4.69, 9.17) is 4.74 Å². The largest absolute Gasteiger partial charge is 0.396 e. The van der Waals surface area contributed by atoms with Crippen LogP contribution in [0.3, 0.4) is 0 Å². The molecular formula is C16H31NO2. The molecule has 0 aromatic carbocycles. The minimum atomic E-state index is 0.0698. The highest BCUT2D eigenvalue weighted by atomic mass is 16.5. The summed E-state index contributed by atoms with van der Waals surface area (Å²) < 4.78 is 5.44. The van der Waals surface area contributed by atoms with Crippen molar-refractivity contribution >= 4 is 0 Å². The molecule has 1 aliphatic heterocycles. The average molecular weight is 269 g/mol. The molecule has 1 heterocycles. The van der Waals surface area contributed by atoms with E-state index in [1.807, 2.05) is 0 Å². The maximum Gasteiger partial charge on any atom is 0.0501 e. The van der Waals surface area contributed by atoms with E-state index in [1.54, 1.807) is 0 Å². The van der Waals surface area contributed by atoms with Gasteiger partial charge in [-0.05, 0) is 38.0 Å². The lowest BCUT2D eigenvalue weighted by molar-refractivity contribution is -0.0178. The van der Waals surface area contributed by atoms with Gasteiger partial charge in [-0.1, -0.05) is 26.2 Å². The van der Waals surface area contributed by atoms with Gasteiger partial charge in [0.05, 0.1) is 6.61 Å². The molecule has 112 valence electrons. The van der Waals surface area contributed by atoms with Crippen molar-refractivity contribution in [1.82, 2.24) is 5.32 Å². The molecule has 0 amide bonds.